The van der Waals surface area contributed by atoms with Gasteiger partial charge in [0.25, 0.3) is 11.6 Å². The second-order valence-corrected chi connectivity index (χ2v) is 5.52. The van der Waals surface area contributed by atoms with Crippen LogP contribution in [0.1, 0.15) is 12.5 Å². The number of rotatable bonds is 5. The molecule has 0 spiro atoms. The van der Waals surface area contributed by atoms with Crippen molar-refractivity contribution in [1.29, 1.82) is 0 Å². The summed E-state index contributed by atoms with van der Waals surface area (Å²) in [6.45, 7) is 5.40. The third-order valence-corrected chi connectivity index (χ3v) is 3.70. The summed E-state index contributed by atoms with van der Waals surface area (Å²) in [6.07, 6.45) is 1.57. The van der Waals surface area contributed by atoms with Crippen molar-refractivity contribution in [2.24, 2.45) is 0 Å². The first kappa shape index (κ1) is 17.3. The molecule has 2 rings (SSSR count). The van der Waals surface area contributed by atoms with E-state index in [0.29, 0.717) is 12.1 Å². The lowest BCUT2D eigenvalue weighted by Crippen LogP contribution is -2.51. The highest BCUT2D eigenvalue weighted by Crippen LogP contribution is 2.29. The number of nitro groups is 1. The van der Waals surface area contributed by atoms with E-state index in [-0.39, 0.29) is 10.8 Å². The van der Waals surface area contributed by atoms with Crippen molar-refractivity contribution in [1.82, 2.24) is 21.1 Å². The number of nitro benzene ring substituents is 1. The van der Waals surface area contributed by atoms with E-state index in [2.05, 4.69) is 22.6 Å². The average Bonchev–Trinajstić information content (AvgIpc) is 2.77. The maximum absolute atomic E-state index is 12.6. The summed E-state index contributed by atoms with van der Waals surface area (Å²) in [5.74, 6) is -0.580. The van der Waals surface area contributed by atoms with Gasteiger partial charge in [0.15, 0.2) is 5.11 Å². The topological polar surface area (TPSA) is 117 Å². The van der Waals surface area contributed by atoms with E-state index < -0.39 is 22.4 Å². The van der Waals surface area contributed by atoms with Gasteiger partial charge >= 0.3 is 6.03 Å². The normalized spacial score (nSPS) is 19.6. The first-order valence-electron chi connectivity index (χ1n) is 6.86. The van der Waals surface area contributed by atoms with Crippen molar-refractivity contribution < 1.29 is 14.5 Å². The Morgan fingerprint density at radius 1 is 1.46 bits per heavy atom. The summed E-state index contributed by atoms with van der Waals surface area (Å²) >= 11 is 4.98. The lowest BCUT2D eigenvalue weighted by molar-refractivity contribution is -0.384. The van der Waals surface area contributed by atoms with Gasteiger partial charge in [-0.25, -0.2) is 4.79 Å². The number of urea groups is 1. The molecule has 1 saturated heterocycles. The number of nitrogens with zero attached hydrogens (tertiary/aromatic N) is 2. The number of hydrogen-bond donors (Lipinski definition) is 3. The van der Waals surface area contributed by atoms with Crippen LogP contribution in [0.2, 0.25) is 0 Å². The Labute approximate surface area is 142 Å². The summed E-state index contributed by atoms with van der Waals surface area (Å²) in [7, 11) is 0. The zero-order valence-electron chi connectivity index (χ0n) is 12.7. The highest BCUT2D eigenvalue weighted by atomic mass is 32.1. The number of benzene rings is 1. The highest BCUT2D eigenvalue weighted by Gasteiger charge is 2.49. The Kier molecular flexibility index (Phi) is 4.79. The van der Waals surface area contributed by atoms with E-state index in [4.69, 9.17) is 12.2 Å². The van der Waals surface area contributed by atoms with E-state index in [1.807, 2.05) is 0 Å². The van der Waals surface area contributed by atoms with Gasteiger partial charge in [-0.3, -0.25) is 20.3 Å². The molecule has 1 heterocycles. The van der Waals surface area contributed by atoms with Gasteiger partial charge in [0.1, 0.15) is 5.54 Å². The molecular formula is C14H15N5O4S. The number of imide groups is 1. The molecule has 1 fully saturated rings. The van der Waals surface area contributed by atoms with Crippen LogP contribution in [0.5, 0.6) is 0 Å². The van der Waals surface area contributed by atoms with E-state index in [1.165, 1.54) is 31.2 Å². The van der Waals surface area contributed by atoms with E-state index in [9.17, 15) is 19.7 Å². The van der Waals surface area contributed by atoms with Gasteiger partial charge in [-0.15, -0.1) is 6.58 Å². The van der Waals surface area contributed by atoms with Crippen molar-refractivity contribution >= 4 is 35.0 Å². The van der Waals surface area contributed by atoms with Crippen molar-refractivity contribution in [3.8, 4) is 0 Å². The molecule has 3 N–H and O–H groups in total. The Balaban J connectivity index is 2.20. The van der Waals surface area contributed by atoms with Crippen molar-refractivity contribution in [3.63, 3.8) is 0 Å². The van der Waals surface area contributed by atoms with Gasteiger partial charge in [-0.05, 0) is 36.8 Å². The number of non-ortho nitro benzene ring substituents is 1. The molecule has 0 unspecified atom stereocenters. The Morgan fingerprint density at radius 3 is 2.62 bits per heavy atom. The van der Waals surface area contributed by atoms with Crippen LogP contribution in [0.4, 0.5) is 10.5 Å². The predicted octanol–water partition coefficient (Wildman–Crippen LogP) is 0.927. The second kappa shape index (κ2) is 6.62. The Hall–Kier alpha value is -3.01. The molecule has 0 radical (unpaired) electrons. The number of hydrazine groups is 1. The minimum Gasteiger partial charge on any atom is -0.358 e. The van der Waals surface area contributed by atoms with Gasteiger partial charge in [0.05, 0.1) is 4.92 Å². The molecule has 1 aromatic rings. The molecule has 1 aromatic carbocycles. The number of thiocarbonyl (C=S) groups is 1. The highest BCUT2D eigenvalue weighted by molar-refractivity contribution is 7.80. The SMILES string of the molecule is C=CCNC(=S)NN1C(=O)N[C@@](C)(c2ccc([N+](=O)[O-])cc2)C1=O. The number of carbonyl (C=O) groups is 2. The van der Waals surface area contributed by atoms with E-state index >= 15 is 0 Å². The van der Waals surface area contributed by atoms with E-state index in [1.54, 1.807) is 6.08 Å². The molecule has 0 saturated carbocycles. The van der Waals surface area contributed by atoms with Crippen LogP contribution in [-0.4, -0.2) is 33.5 Å². The summed E-state index contributed by atoms with van der Waals surface area (Å²) in [4.78, 5) is 34.8. The predicted molar refractivity (Wildman–Crippen MR) is 89.8 cm³/mol. The summed E-state index contributed by atoms with van der Waals surface area (Å²) in [5, 5.41) is 16.9. The molecule has 1 aliphatic heterocycles. The largest absolute Gasteiger partial charge is 0.358 e. The third-order valence-electron chi connectivity index (χ3n) is 3.47. The van der Waals surface area contributed by atoms with Crippen LogP contribution >= 0.6 is 12.2 Å². The molecule has 126 valence electrons. The molecule has 1 atom stereocenters. The maximum Gasteiger partial charge on any atom is 0.344 e. The lowest BCUT2D eigenvalue weighted by atomic mass is 9.92. The number of amides is 3. The smallest absolute Gasteiger partial charge is 0.344 e. The van der Waals surface area contributed by atoms with Crippen LogP contribution in [0.25, 0.3) is 0 Å². The van der Waals surface area contributed by atoms with Crippen molar-refractivity contribution in [2.45, 2.75) is 12.5 Å². The molecule has 24 heavy (non-hydrogen) atoms. The summed E-state index contributed by atoms with van der Waals surface area (Å²) < 4.78 is 0. The minimum absolute atomic E-state index is 0.0892. The monoisotopic (exact) mass is 349 g/mol. The van der Waals surface area contributed by atoms with Crippen LogP contribution in [-0.2, 0) is 10.3 Å². The van der Waals surface area contributed by atoms with Crippen LogP contribution < -0.4 is 16.1 Å². The second-order valence-electron chi connectivity index (χ2n) is 5.11. The first-order chi connectivity index (χ1) is 11.3. The van der Waals surface area contributed by atoms with Gasteiger partial charge in [0.2, 0.25) is 0 Å². The van der Waals surface area contributed by atoms with E-state index in [0.717, 1.165) is 5.01 Å². The molecule has 3 amide bonds. The van der Waals surface area contributed by atoms with Crippen molar-refractivity contribution in [3.05, 3.63) is 52.6 Å². The summed E-state index contributed by atoms with van der Waals surface area (Å²) in [6, 6.07) is 4.71. The van der Waals surface area contributed by atoms with Crippen molar-refractivity contribution in [2.75, 3.05) is 6.54 Å². The van der Waals surface area contributed by atoms with Gasteiger partial charge in [-0.2, -0.15) is 5.01 Å². The van der Waals surface area contributed by atoms with Gasteiger partial charge in [-0.1, -0.05) is 6.08 Å². The summed E-state index contributed by atoms with van der Waals surface area (Å²) in [5.41, 5.74) is 1.46. The molecule has 0 aliphatic carbocycles. The Bertz CT molecular complexity index is 720. The molecule has 10 heteroatoms. The zero-order chi connectivity index (χ0) is 17.9. The fourth-order valence-electron chi connectivity index (χ4n) is 2.16. The molecule has 0 bridgehead atoms. The fraction of sp³-hybridized carbons (Fsp3) is 0.214. The van der Waals surface area contributed by atoms with Crippen LogP contribution in [0.3, 0.4) is 0 Å². The van der Waals surface area contributed by atoms with Crippen LogP contribution in [0, 0.1) is 10.1 Å². The molecule has 0 aromatic heterocycles. The van der Waals surface area contributed by atoms with Crippen LogP contribution in [0.15, 0.2) is 36.9 Å². The molecule has 1 aliphatic rings. The Morgan fingerprint density at radius 2 is 2.08 bits per heavy atom. The quantitative estimate of drug-likeness (QED) is 0.238. The standard InChI is InChI=1S/C14H15N5O4S/c1-3-8-15-12(24)17-18-11(20)14(2,16-13(18)21)9-4-6-10(7-5-9)19(22)23/h3-7H,1,8H2,2H3,(H,16,21)(H2,15,17,24)/t14-/m0/s1. The molecular weight excluding hydrogens is 334 g/mol. The number of nitrogens with one attached hydrogen (secondary N) is 3. The third kappa shape index (κ3) is 3.18. The van der Waals surface area contributed by atoms with Gasteiger partial charge < -0.3 is 10.6 Å². The fourth-order valence-corrected chi connectivity index (χ4v) is 2.33. The lowest BCUT2D eigenvalue weighted by Gasteiger charge is -2.22. The first-order valence-corrected chi connectivity index (χ1v) is 7.27. The number of hydrogen-bond acceptors (Lipinski definition) is 5. The average molecular weight is 349 g/mol. The number of carbonyl (C=O) groups excluding carboxylic acids is 2. The van der Waals surface area contributed by atoms with Gasteiger partial charge in [0, 0.05) is 18.7 Å². The molecule has 9 nitrogen and oxygen atoms in total. The minimum atomic E-state index is -1.35. The maximum atomic E-state index is 12.6. The zero-order valence-corrected chi connectivity index (χ0v) is 13.6.